The van der Waals surface area contributed by atoms with Gasteiger partial charge in [-0.05, 0) is 43.4 Å². The van der Waals surface area contributed by atoms with Crippen molar-refractivity contribution in [1.29, 1.82) is 5.41 Å². The second kappa shape index (κ2) is 6.23. The lowest BCUT2D eigenvalue weighted by molar-refractivity contribution is 0.0104. The van der Waals surface area contributed by atoms with Crippen LogP contribution in [0.1, 0.15) is 26.3 Å². The monoisotopic (exact) mass is 418 g/mol. The predicted octanol–water partition coefficient (Wildman–Crippen LogP) is 1.85. The molecule has 0 aliphatic carbocycles. The van der Waals surface area contributed by atoms with Gasteiger partial charge in [0.05, 0.1) is 11.6 Å². The summed E-state index contributed by atoms with van der Waals surface area (Å²) in [5.74, 6) is 0.779. The number of anilines is 2. The van der Waals surface area contributed by atoms with E-state index < -0.39 is 5.60 Å². The van der Waals surface area contributed by atoms with Crippen molar-refractivity contribution >= 4 is 44.0 Å². The minimum absolute atomic E-state index is 0.0521. The number of amides is 1. The highest BCUT2D eigenvalue weighted by atomic mass is 127. The molecule has 1 aromatic heterocycles. The van der Waals surface area contributed by atoms with Crippen molar-refractivity contribution in [3.63, 3.8) is 0 Å². The molecule has 1 saturated heterocycles. The number of hydrogen-bond donors (Lipinski definition) is 3. The third-order valence-electron chi connectivity index (χ3n) is 2.97. The predicted molar refractivity (Wildman–Crippen MR) is 92.5 cm³/mol. The van der Waals surface area contributed by atoms with Gasteiger partial charge in [0.2, 0.25) is 0 Å². The normalized spacial score (nSPS) is 15.2. The number of nitrogens with two attached hydrogens (primary N) is 1. The van der Waals surface area contributed by atoms with E-state index in [0.717, 1.165) is 0 Å². The maximum Gasteiger partial charge on any atom is 0.410 e. The fourth-order valence-corrected chi connectivity index (χ4v) is 2.50. The minimum atomic E-state index is -0.500. The summed E-state index contributed by atoms with van der Waals surface area (Å²) in [6, 6.07) is 0.0521. The second-order valence-electron chi connectivity index (χ2n) is 6.02. The zero-order valence-electron chi connectivity index (χ0n) is 12.7. The first kappa shape index (κ1) is 16.7. The number of nitrogens with one attached hydrogen (secondary N) is 2. The Bertz CT molecular complexity index is 595. The number of nitrogens with zero attached hydrogens (tertiary/aromatic N) is 3. The van der Waals surface area contributed by atoms with E-state index in [1.165, 1.54) is 6.33 Å². The highest BCUT2D eigenvalue weighted by Gasteiger charge is 2.34. The number of carbonyl (C=O) groups is 1. The van der Waals surface area contributed by atoms with Crippen LogP contribution >= 0.6 is 22.6 Å². The van der Waals surface area contributed by atoms with Crippen LogP contribution < -0.4 is 11.1 Å². The lowest BCUT2D eigenvalue weighted by Crippen LogP contribution is -2.58. The van der Waals surface area contributed by atoms with Crippen LogP contribution in [0.2, 0.25) is 0 Å². The van der Waals surface area contributed by atoms with Gasteiger partial charge in [-0.3, -0.25) is 5.41 Å². The molecule has 8 nitrogen and oxygen atoms in total. The molecule has 0 radical (unpaired) electrons. The van der Waals surface area contributed by atoms with Gasteiger partial charge in [-0.1, -0.05) is 0 Å². The number of halogens is 1. The van der Waals surface area contributed by atoms with Gasteiger partial charge in [0.15, 0.2) is 0 Å². The fraction of sp³-hybridized carbons (Fsp3) is 0.538. The van der Waals surface area contributed by atoms with E-state index in [0.29, 0.717) is 24.5 Å². The lowest BCUT2D eigenvalue weighted by Gasteiger charge is -2.40. The number of rotatable bonds is 3. The zero-order chi connectivity index (χ0) is 16.5. The van der Waals surface area contributed by atoms with Gasteiger partial charge >= 0.3 is 6.09 Å². The van der Waals surface area contributed by atoms with Gasteiger partial charge in [0.1, 0.15) is 27.3 Å². The van der Waals surface area contributed by atoms with Crippen LogP contribution in [-0.4, -0.2) is 49.4 Å². The van der Waals surface area contributed by atoms with E-state index >= 15 is 0 Å². The van der Waals surface area contributed by atoms with E-state index in [2.05, 4.69) is 15.3 Å². The summed E-state index contributed by atoms with van der Waals surface area (Å²) >= 11 is 1.86. The topological polar surface area (TPSA) is 117 Å². The number of nitrogen functional groups attached to an aromatic ring is 1. The van der Waals surface area contributed by atoms with Gasteiger partial charge in [-0.25, -0.2) is 14.8 Å². The molecule has 2 heterocycles. The SMILES string of the molecule is CC(C)(C)OC(=O)N1CC(Nc2ncnc(N)c2C(=N)I)C1. The third kappa shape index (κ3) is 3.96. The summed E-state index contributed by atoms with van der Waals surface area (Å²) in [5, 5.41) is 10.9. The Labute approximate surface area is 142 Å². The smallest absolute Gasteiger partial charge is 0.410 e. The molecule has 4 N–H and O–H groups in total. The molecular formula is C13H19IN6O2. The van der Waals surface area contributed by atoms with Gasteiger partial charge < -0.3 is 20.7 Å². The fourth-order valence-electron chi connectivity index (χ4n) is 1.96. The third-order valence-corrected chi connectivity index (χ3v) is 3.51. The molecule has 1 amide bonds. The van der Waals surface area contributed by atoms with E-state index in [1.54, 1.807) is 4.90 Å². The molecule has 9 heteroatoms. The Kier molecular flexibility index (Phi) is 4.73. The lowest BCUT2D eigenvalue weighted by atomic mass is 10.1. The van der Waals surface area contributed by atoms with E-state index in [1.807, 2.05) is 43.4 Å². The van der Waals surface area contributed by atoms with Gasteiger partial charge in [-0.2, -0.15) is 0 Å². The number of carbonyl (C=O) groups excluding carboxylic acids is 1. The molecule has 0 saturated carbocycles. The van der Waals surface area contributed by atoms with Gasteiger partial charge in [0.25, 0.3) is 0 Å². The molecule has 2 rings (SSSR count). The molecule has 1 aliphatic heterocycles. The van der Waals surface area contributed by atoms with Crippen LogP contribution in [0.25, 0.3) is 0 Å². The van der Waals surface area contributed by atoms with Crippen molar-refractivity contribution < 1.29 is 9.53 Å². The maximum atomic E-state index is 11.9. The average molecular weight is 418 g/mol. The first-order valence-corrected chi connectivity index (χ1v) is 7.84. The molecule has 0 bridgehead atoms. The Morgan fingerprint density at radius 3 is 2.68 bits per heavy atom. The van der Waals surface area contributed by atoms with Crippen LogP contribution in [0.3, 0.4) is 0 Å². The highest BCUT2D eigenvalue weighted by molar-refractivity contribution is 14.1. The first-order valence-electron chi connectivity index (χ1n) is 6.76. The molecule has 120 valence electrons. The summed E-state index contributed by atoms with van der Waals surface area (Å²) in [5.41, 5.74) is 5.77. The Hall–Kier alpha value is -1.65. The minimum Gasteiger partial charge on any atom is -0.444 e. The van der Waals surface area contributed by atoms with Crippen LogP contribution in [0.4, 0.5) is 16.4 Å². The van der Waals surface area contributed by atoms with Crippen LogP contribution in [0.15, 0.2) is 6.33 Å². The molecule has 0 atom stereocenters. The van der Waals surface area contributed by atoms with Gasteiger partial charge in [0, 0.05) is 13.1 Å². The summed E-state index contributed by atoms with van der Waals surface area (Å²) in [7, 11) is 0. The van der Waals surface area contributed by atoms with Crippen molar-refractivity contribution in [2.75, 3.05) is 24.1 Å². The highest BCUT2D eigenvalue weighted by Crippen LogP contribution is 2.24. The molecule has 1 aromatic rings. The molecule has 1 fully saturated rings. The van der Waals surface area contributed by atoms with E-state index in [4.69, 9.17) is 15.9 Å². The molecule has 0 unspecified atom stereocenters. The Balaban J connectivity index is 1.95. The van der Waals surface area contributed by atoms with Crippen LogP contribution in [0.5, 0.6) is 0 Å². The standard InChI is InChI=1S/C13H19IN6O2/c1-13(2,3)22-12(21)20-4-7(5-20)19-11-8(9(14)15)10(16)17-6-18-11/h6-7,15H,4-5H2,1-3H3,(H3,16,17,18,19). The van der Waals surface area contributed by atoms with Crippen molar-refractivity contribution in [3.8, 4) is 0 Å². The van der Waals surface area contributed by atoms with Crippen molar-refractivity contribution in [2.24, 2.45) is 0 Å². The molecular weight excluding hydrogens is 399 g/mol. The Morgan fingerprint density at radius 1 is 1.50 bits per heavy atom. The number of ether oxygens (including phenoxy) is 1. The van der Waals surface area contributed by atoms with Crippen molar-refractivity contribution in [2.45, 2.75) is 32.4 Å². The molecule has 0 aromatic carbocycles. The van der Waals surface area contributed by atoms with Crippen LogP contribution in [0, 0.1) is 5.41 Å². The average Bonchev–Trinajstić information content (AvgIpc) is 2.30. The summed E-state index contributed by atoms with van der Waals surface area (Å²) in [4.78, 5) is 21.5. The zero-order valence-corrected chi connectivity index (χ0v) is 14.8. The molecule has 1 aliphatic rings. The number of likely N-dealkylation sites (tertiary alicyclic amines) is 1. The second-order valence-corrected chi connectivity index (χ2v) is 7.10. The van der Waals surface area contributed by atoms with Crippen molar-refractivity contribution in [1.82, 2.24) is 14.9 Å². The molecule has 22 heavy (non-hydrogen) atoms. The summed E-state index contributed by atoms with van der Waals surface area (Å²) < 4.78 is 5.56. The Morgan fingerprint density at radius 2 is 2.14 bits per heavy atom. The summed E-state index contributed by atoms with van der Waals surface area (Å²) in [6.45, 7) is 6.55. The number of aromatic nitrogens is 2. The van der Waals surface area contributed by atoms with Crippen LogP contribution in [-0.2, 0) is 4.74 Å². The number of hydrogen-bond acceptors (Lipinski definition) is 7. The largest absolute Gasteiger partial charge is 0.444 e. The quantitative estimate of drug-likeness (QED) is 0.510. The first-order chi connectivity index (χ1) is 10.2. The van der Waals surface area contributed by atoms with Gasteiger partial charge in [-0.15, -0.1) is 0 Å². The molecule has 0 spiro atoms. The van der Waals surface area contributed by atoms with E-state index in [-0.39, 0.29) is 21.7 Å². The maximum absolute atomic E-state index is 11.9. The van der Waals surface area contributed by atoms with Crippen molar-refractivity contribution in [3.05, 3.63) is 11.9 Å². The van der Waals surface area contributed by atoms with E-state index in [9.17, 15) is 4.79 Å². The summed E-state index contributed by atoms with van der Waals surface area (Å²) in [6.07, 6.45) is 1.03.